The third-order valence-electron chi connectivity index (χ3n) is 3.00. The summed E-state index contributed by atoms with van der Waals surface area (Å²) in [5, 5.41) is 2.97. The van der Waals surface area contributed by atoms with Gasteiger partial charge in [-0.25, -0.2) is 4.79 Å². The number of urea groups is 1. The molecule has 1 fully saturated rings. The van der Waals surface area contributed by atoms with Gasteiger partial charge in [0.15, 0.2) is 0 Å². The molecular weight excluding hydrogens is 214 g/mol. The van der Waals surface area contributed by atoms with Gasteiger partial charge in [-0.3, -0.25) is 0 Å². The monoisotopic (exact) mass is 233 g/mol. The van der Waals surface area contributed by atoms with Crippen LogP contribution in [0.2, 0.25) is 0 Å². The lowest BCUT2D eigenvalue weighted by atomic mass is 10.1. The third-order valence-corrected chi connectivity index (χ3v) is 3.00. The van der Waals surface area contributed by atoms with Crippen LogP contribution in [0.25, 0.3) is 0 Å². The fourth-order valence-corrected chi connectivity index (χ4v) is 1.75. The van der Waals surface area contributed by atoms with Gasteiger partial charge in [-0.15, -0.1) is 0 Å². The molecule has 1 aromatic rings. The van der Waals surface area contributed by atoms with Crippen LogP contribution in [0.1, 0.15) is 24.0 Å². The van der Waals surface area contributed by atoms with Gasteiger partial charge in [0.2, 0.25) is 0 Å². The topological polar surface area (TPSA) is 58.4 Å². The molecule has 1 saturated carbocycles. The minimum Gasteiger partial charge on any atom is -0.335 e. The average Bonchev–Trinajstić information content (AvgIpc) is 3.13. The van der Waals surface area contributed by atoms with Gasteiger partial charge in [-0.2, -0.15) is 0 Å². The summed E-state index contributed by atoms with van der Waals surface area (Å²) in [6.07, 6.45) is 2.22. The Bertz CT molecular complexity index is 401. The summed E-state index contributed by atoms with van der Waals surface area (Å²) in [5.74, 6) is 0. The summed E-state index contributed by atoms with van der Waals surface area (Å²) < 4.78 is 0. The Balaban J connectivity index is 1.96. The van der Waals surface area contributed by atoms with E-state index in [0.717, 1.165) is 24.0 Å². The summed E-state index contributed by atoms with van der Waals surface area (Å²) >= 11 is 0. The summed E-state index contributed by atoms with van der Waals surface area (Å²) in [6.45, 7) is 1.11. The van der Waals surface area contributed by atoms with E-state index in [2.05, 4.69) is 5.32 Å². The second-order valence-corrected chi connectivity index (χ2v) is 4.55. The molecule has 1 aliphatic carbocycles. The molecule has 0 unspecified atom stereocenters. The minimum atomic E-state index is -0.000625. The van der Waals surface area contributed by atoms with Crippen molar-refractivity contribution >= 4 is 6.03 Å². The quantitative estimate of drug-likeness (QED) is 0.827. The number of hydrogen-bond donors (Lipinski definition) is 2. The van der Waals surface area contributed by atoms with E-state index in [-0.39, 0.29) is 6.03 Å². The van der Waals surface area contributed by atoms with Crippen molar-refractivity contribution in [2.45, 2.75) is 32.0 Å². The van der Waals surface area contributed by atoms with Crippen molar-refractivity contribution in [3.8, 4) is 0 Å². The minimum absolute atomic E-state index is 0.000625. The van der Waals surface area contributed by atoms with Crippen molar-refractivity contribution < 1.29 is 4.79 Å². The number of nitrogens with two attached hydrogens (primary N) is 1. The smallest absolute Gasteiger partial charge is 0.317 e. The normalized spacial score (nSPS) is 14.5. The third kappa shape index (κ3) is 3.20. The maximum Gasteiger partial charge on any atom is 0.317 e. The Labute approximate surface area is 102 Å². The first-order valence-electron chi connectivity index (χ1n) is 5.99. The number of rotatable bonds is 4. The van der Waals surface area contributed by atoms with E-state index in [1.54, 1.807) is 4.90 Å². The number of carbonyl (C=O) groups is 1. The van der Waals surface area contributed by atoms with E-state index < -0.39 is 0 Å². The molecule has 0 spiro atoms. The molecule has 0 atom stereocenters. The van der Waals surface area contributed by atoms with Crippen LogP contribution >= 0.6 is 0 Å². The van der Waals surface area contributed by atoms with Crippen LogP contribution in [0, 0.1) is 0 Å². The molecular formula is C13H19N3O. The number of nitrogens with one attached hydrogen (secondary N) is 1. The first-order valence-corrected chi connectivity index (χ1v) is 5.99. The standard InChI is InChI=1S/C13H19N3O/c1-16(13(17)15-12-6-7-12)9-11-5-3-2-4-10(11)8-14/h2-5,12H,6-9,14H2,1H3,(H,15,17). The highest BCUT2D eigenvalue weighted by atomic mass is 16.2. The second-order valence-electron chi connectivity index (χ2n) is 4.55. The molecule has 2 amide bonds. The second kappa shape index (κ2) is 5.19. The summed E-state index contributed by atoms with van der Waals surface area (Å²) in [5.41, 5.74) is 7.88. The van der Waals surface area contributed by atoms with Gasteiger partial charge in [-0.05, 0) is 24.0 Å². The maximum atomic E-state index is 11.8. The summed E-state index contributed by atoms with van der Waals surface area (Å²) in [4.78, 5) is 13.5. The molecule has 0 heterocycles. The Morgan fingerprint density at radius 2 is 2.06 bits per heavy atom. The van der Waals surface area contributed by atoms with Gasteiger partial charge in [0.05, 0.1) is 0 Å². The lowest BCUT2D eigenvalue weighted by molar-refractivity contribution is 0.206. The molecule has 1 aliphatic rings. The average molecular weight is 233 g/mol. The molecule has 0 radical (unpaired) electrons. The van der Waals surface area contributed by atoms with E-state index in [9.17, 15) is 4.79 Å². The Morgan fingerprint density at radius 3 is 2.65 bits per heavy atom. The van der Waals surface area contributed by atoms with Gasteiger partial charge < -0.3 is 16.0 Å². The largest absolute Gasteiger partial charge is 0.335 e. The number of carbonyl (C=O) groups excluding carboxylic acids is 1. The zero-order valence-electron chi connectivity index (χ0n) is 10.1. The lowest BCUT2D eigenvalue weighted by Gasteiger charge is -2.19. The summed E-state index contributed by atoms with van der Waals surface area (Å²) in [6, 6.07) is 8.36. The van der Waals surface area contributed by atoms with Crippen LogP contribution in [-0.4, -0.2) is 24.0 Å². The van der Waals surface area contributed by atoms with Crippen LogP contribution in [0.3, 0.4) is 0 Å². The van der Waals surface area contributed by atoms with Crippen molar-refractivity contribution in [1.29, 1.82) is 0 Å². The van der Waals surface area contributed by atoms with Crippen molar-refractivity contribution in [3.63, 3.8) is 0 Å². The van der Waals surface area contributed by atoms with Crippen LogP contribution < -0.4 is 11.1 Å². The van der Waals surface area contributed by atoms with Gasteiger partial charge in [0.1, 0.15) is 0 Å². The Kier molecular flexibility index (Phi) is 3.64. The lowest BCUT2D eigenvalue weighted by Crippen LogP contribution is -2.38. The van der Waals surface area contributed by atoms with Gasteiger partial charge in [-0.1, -0.05) is 24.3 Å². The number of amides is 2. The van der Waals surface area contributed by atoms with Crippen LogP contribution in [0.5, 0.6) is 0 Å². The summed E-state index contributed by atoms with van der Waals surface area (Å²) in [7, 11) is 1.81. The number of nitrogens with zero attached hydrogens (tertiary/aromatic N) is 1. The van der Waals surface area contributed by atoms with E-state index in [1.165, 1.54) is 0 Å². The molecule has 1 aromatic carbocycles. The van der Waals surface area contributed by atoms with E-state index in [1.807, 2.05) is 31.3 Å². The first kappa shape index (κ1) is 11.9. The zero-order valence-corrected chi connectivity index (χ0v) is 10.1. The van der Waals surface area contributed by atoms with Gasteiger partial charge in [0.25, 0.3) is 0 Å². The first-order chi connectivity index (χ1) is 8.20. The molecule has 0 aliphatic heterocycles. The van der Waals surface area contributed by atoms with E-state index in [0.29, 0.717) is 19.1 Å². The predicted octanol–water partition coefficient (Wildman–Crippen LogP) is 1.45. The number of hydrogen-bond acceptors (Lipinski definition) is 2. The van der Waals surface area contributed by atoms with E-state index in [4.69, 9.17) is 5.73 Å². The SMILES string of the molecule is CN(Cc1ccccc1CN)C(=O)NC1CC1. The van der Waals surface area contributed by atoms with Crippen molar-refractivity contribution in [2.24, 2.45) is 5.73 Å². The highest BCUT2D eigenvalue weighted by molar-refractivity contribution is 5.74. The fourth-order valence-electron chi connectivity index (χ4n) is 1.75. The Morgan fingerprint density at radius 1 is 1.41 bits per heavy atom. The molecule has 0 aromatic heterocycles. The van der Waals surface area contributed by atoms with Gasteiger partial charge in [0, 0.05) is 26.2 Å². The maximum absolute atomic E-state index is 11.8. The predicted molar refractivity (Wildman–Crippen MR) is 67.4 cm³/mol. The van der Waals surface area contributed by atoms with E-state index >= 15 is 0 Å². The van der Waals surface area contributed by atoms with Crippen molar-refractivity contribution in [1.82, 2.24) is 10.2 Å². The number of benzene rings is 1. The highest BCUT2D eigenvalue weighted by Gasteiger charge is 2.24. The van der Waals surface area contributed by atoms with Gasteiger partial charge >= 0.3 is 6.03 Å². The van der Waals surface area contributed by atoms with Crippen LogP contribution in [0.4, 0.5) is 4.79 Å². The molecule has 4 heteroatoms. The zero-order chi connectivity index (χ0) is 12.3. The molecule has 2 rings (SSSR count). The molecule has 4 nitrogen and oxygen atoms in total. The molecule has 17 heavy (non-hydrogen) atoms. The molecule has 0 bridgehead atoms. The fraction of sp³-hybridized carbons (Fsp3) is 0.462. The molecule has 0 saturated heterocycles. The van der Waals surface area contributed by atoms with Crippen LogP contribution in [-0.2, 0) is 13.1 Å². The Hall–Kier alpha value is -1.55. The van der Waals surface area contributed by atoms with Crippen molar-refractivity contribution in [3.05, 3.63) is 35.4 Å². The highest BCUT2D eigenvalue weighted by Crippen LogP contribution is 2.19. The van der Waals surface area contributed by atoms with Crippen molar-refractivity contribution in [2.75, 3.05) is 7.05 Å². The molecule has 3 N–H and O–H groups in total. The molecule has 92 valence electrons. The van der Waals surface area contributed by atoms with Crippen LogP contribution in [0.15, 0.2) is 24.3 Å².